The van der Waals surface area contributed by atoms with E-state index in [1.807, 2.05) is 13.8 Å². The van der Waals surface area contributed by atoms with E-state index in [0.717, 1.165) is 10.6 Å². The molecule has 2 fully saturated rings. The molecule has 2 aliphatic rings. The van der Waals surface area contributed by atoms with Crippen molar-refractivity contribution < 1.29 is 19.4 Å². The zero-order valence-corrected chi connectivity index (χ0v) is 15.3. The Morgan fingerprint density at radius 1 is 1.42 bits per heavy atom. The zero-order valence-electron chi connectivity index (χ0n) is 14.5. The number of thiazole rings is 1. The number of amides is 1. The van der Waals surface area contributed by atoms with E-state index in [1.165, 1.54) is 26.8 Å². The maximum Gasteiger partial charge on any atom is 0.311 e. The third-order valence-electron chi connectivity index (χ3n) is 5.67. The summed E-state index contributed by atoms with van der Waals surface area (Å²) in [5.74, 6) is -1.63. The van der Waals surface area contributed by atoms with Crippen LogP contribution in [0.5, 0.6) is 0 Å². The van der Waals surface area contributed by atoms with E-state index in [9.17, 15) is 19.5 Å². The lowest BCUT2D eigenvalue weighted by molar-refractivity contribution is -0.157. The van der Waals surface area contributed by atoms with E-state index in [1.54, 1.807) is 0 Å². The molecule has 1 amide bonds. The van der Waals surface area contributed by atoms with E-state index in [-0.39, 0.29) is 24.6 Å². The van der Waals surface area contributed by atoms with Gasteiger partial charge in [0.2, 0.25) is 0 Å². The van der Waals surface area contributed by atoms with Crippen molar-refractivity contribution >= 4 is 28.2 Å². The summed E-state index contributed by atoms with van der Waals surface area (Å²) in [5, 5.41) is 9.73. The second-order valence-corrected chi connectivity index (χ2v) is 8.19. The summed E-state index contributed by atoms with van der Waals surface area (Å²) < 4.78 is 6.86. The predicted octanol–water partition coefficient (Wildman–Crippen LogP) is 0.936. The van der Waals surface area contributed by atoms with Crippen LogP contribution in [-0.4, -0.2) is 57.6 Å². The molecule has 8 nitrogen and oxygen atoms in total. The van der Waals surface area contributed by atoms with Crippen LogP contribution in [0.3, 0.4) is 0 Å². The SMILES string of the molecule is Cc1sc2ncc(C(=O)N3C[C@H]4COCC[C@@]4(C(=O)O)C3)c(=O)n2c1C. The Labute approximate surface area is 153 Å². The van der Waals surface area contributed by atoms with Gasteiger partial charge in [0.05, 0.1) is 12.0 Å². The standard InChI is InChI=1S/C17H19N3O5S/c1-9-10(2)26-16-18-5-12(14(22)20(9)16)13(21)19-6-11-7-25-4-3-17(11,8-19)15(23)24/h5,11H,3-4,6-8H2,1-2H3,(H,23,24)/t11-,17+/m0/s1. The average molecular weight is 377 g/mol. The lowest BCUT2D eigenvalue weighted by atomic mass is 9.74. The number of carbonyl (C=O) groups is 2. The molecule has 4 rings (SSSR count). The molecule has 4 heterocycles. The summed E-state index contributed by atoms with van der Waals surface area (Å²) in [4.78, 5) is 44.9. The number of aromatic nitrogens is 2. The van der Waals surface area contributed by atoms with Crippen LogP contribution in [0.15, 0.2) is 11.0 Å². The lowest BCUT2D eigenvalue weighted by Crippen LogP contribution is -2.45. The van der Waals surface area contributed by atoms with Crippen LogP contribution in [-0.2, 0) is 9.53 Å². The summed E-state index contributed by atoms with van der Waals surface area (Å²) in [6.07, 6.45) is 1.68. The predicted molar refractivity (Wildman–Crippen MR) is 93.7 cm³/mol. The van der Waals surface area contributed by atoms with Gasteiger partial charge in [0.15, 0.2) is 4.96 Å². The van der Waals surface area contributed by atoms with Crippen molar-refractivity contribution in [3.05, 3.63) is 32.7 Å². The highest BCUT2D eigenvalue weighted by atomic mass is 32.1. The number of likely N-dealkylation sites (tertiary alicyclic amines) is 1. The van der Waals surface area contributed by atoms with E-state index in [4.69, 9.17) is 4.74 Å². The van der Waals surface area contributed by atoms with Gasteiger partial charge in [-0.3, -0.25) is 18.8 Å². The molecule has 0 unspecified atom stereocenters. The van der Waals surface area contributed by atoms with Crippen molar-refractivity contribution in [1.82, 2.24) is 14.3 Å². The van der Waals surface area contributed by atoms with Gasteiger partial charge in [-0.15, -0.1) is 11.3 Å². The summed E-state index contributed by atoms with van der Waals surface area (Å²) >= 11 is 1.40. The fourth-order valence-electron chi connectivity index (χ4n) is 3.95. The number of aliphatic carboxylic acids is 1. The number of hydrogen-bond donors (Lipinski definition) is 1. The van der Waals surface area contributed by atoms with Gasteiger partial charge in [-0.1, -0.05) is 0 Å². The van der Waals surface area contributed by atoms with Gasteiger partial charge < -0.3 is 14.7 Å². The summed E-state index contributed by atoms with van der Waals surface area (Å²) in [5.41, 5.74) is -0.653. The first kappa shape index (κ1) is 17.2. The van der Waals surface area contributed by atoms with Crippen LogP contribution in [0.25, 0.3) is 4.96 Å². The molecular formula is C17H19N3O5S. The molecule has 2 aromatic rings. The number of nitrogens with zero attached hydrogens (tertiary/aromatic N) is 3. The summed E-state index contributed by atoms with van der Waals surface area (Å²) in [7, 11) is 0. The molecule has 0 aromatic carbocycles. The number of carboxylic acids is 1. The Kier molecular flexibility index (Phi) is 3.89. The van der Waals surface area contributed by atoms with E-state index in [0.29, 0.717) is 24.6 Å². The van der Waals surface area contributed by atoms with Crippen LogP contribution in [0.2, 0.25) is 0 Å². The molecule has 0 radical (unpaired) electrons. The van der Waals surface area contributed by atoms with Crippen molar-refractivity contribution in [2.45, 2.75) is 20.3 Å². The number of hydrogen-bond acceptors (Lipinski definition) is 6. The molecule has 0 aliphatic carbocycles. The second kappa shape index (κ2) is 5.88. The highest BCUT2D eigenvalue weighted by molar-refractivity contribution is 7.17. The van der Waals surface area contributed by atoms with E-state index >= 15 is 0 Å². The molecular weight excluding hydrogens is 358 g/mol. The average Bonchev–Trinajstić information content (AvgIpc) is 3.14. The number of carbonyl (C=O) groups excluding carboxylic acids is 1. The Balaban J connectivity index is 1.72. The second-order valence-electron chi connectivity index (χ2n) is 7.01. The van der Waals surface area contributed by atoms with Crippen molar-refractivity contribution in [2.24, 2.45) is 11.3 Å². The van der Waals surface area contributed by atoms with Gasteiger partial charge >= 0.3 is 5.97 Å². The molecule has 138 valence electrons. The van der Waals surface area contributed by atoms with Crippen LogP contribution in [0.4, 0.5) is 0 Å². The number of rotatable bonds is 2. The third kappa shape index (κ3) is 2.30. The fraction of sp³-hybridized carbons (Fsp3) is 0.529. The van der Waals surface area contributed by atoms with Gasteiger partial charge in [-0.2, -0.15) is 0 Å². The molecule has 9 heteroatoms. The Morgan fingerprint density at radius 2 is 2.19 bits per heavy atom. The number of fused-ring (bicyclic) bond motifs is 2. The van der Waals surface area contributed by atoms with Gasteiger partial charge in [0.25, 0.3) is 11.5 Å². The van der Waals surface area contributed by atoms with Crippen molar-refractivity contribution in [1.29, 1.82) is 0 Å². The normalized spacial score (nSPS) is 25.5. The monoisotopic (exact) mass is 377 g/mol. The molecule has 0 spiro atoms. The molecule has 2 aromatic heterocycles. The van der Waals surface area contributed by atoms with Crippen LogP contribution in [0.1, 0.15) is 27.3 Å². The first-order valence-corrected chi connectivity index (χ1v) is 9.25. The zero-order chi connectivity index (χ0) is 18.6. The van der Waals surface area contributed by atoms with Crippen molar-refractivity contribution in [2.75, 3.05) is 26.3 Å². The quantitative estimate of drug-likeness (QED) is 0.836. The minimum atomic E-state index is -0.990. The topological polar surface area (TPSA) is 101 Å². The summed E-state index contributed by atoms with van der Waals surface area (Å²) in [6.45, 7) is 4.77. The molecule has 1 N–H and O–H groups in total. The Hall–Kier alpha value is -2.26. The molecule has 2 aliphatic heterocycles. The molecule has 26 heavy (non-hydrogen) atoms. The highest BCUT2D eigenvalue weighted by Crippen LogP contribution is 2.42. The van der Waals surface area contributed by atoms with Gasteiger partial charge in [0, 0.05) is 42.4 Å². The number of ether oxygens (including phenoxy) is 1. The molecule has 2 atom stereocenters. The van der Waals surface area contributed by atoms with Gasteiger partial charge in [-0.25, -0.2) is 4.98 Å². The van der Waals surface area contributed by atoms with Crippen molar-refractivity contribution in [3.63, 3.8) is 0 Å². The highest BCUT2D eigenvalue weighted by Gasteiger charge is 2.55. The smallest absolute Gasteiger partial charge is 0.311 e. The fourth-order valence-corrected chi connectivity index (χ4v) is 4.88. The minimum absolute atomic E-state index is 0.0245. The Morgan fingerprint density at radius 3 is 2.88 bits per heavy atom. The molecule has 0 bridgehead atoms. The first-order chi connectivity index (χ1) is 12.3. The Bertz CT molecular complexity index is 981. The van der Waals surface area contributed by atoms with Crippen LogP contribution >= 0.6 is 11.3 Å². The van der Waals surface area contributed by atoms with E-state index < -0.39 is 22.9 Å². The van der Waals surface area contributed by atoms with Crippen molar-refractivity contribution in [3.8, 4) is 0 Å². The molecule has 2 saturated heterocycles. The third-order valence-corrected chi connectivity index (χ3v) is 6.74. The lowest BCUT2D eigenvalue weighted by Gasteiger charge is -2.33. The maximum atomic E-state index is 13.0. The van der Waals surface area contributed by atoms with Gasteiger partial charge in [-0.05, 0) is 20.3 Å². The van der Waals surface area contributed by atoms with Gasteiger partial charge in [0.1, 0.15) is 5.56 Å². The van der Waals surface area contributed by atoms with Crippen LogP contribution in [0, 0.1) is 25.2 Å². The number of aryl methyl sites for hydroxylation is 2. The van der Waals surface area contributed by atoms with Crippen LogP contribution < -0.4 is 5.56 Å². The minimum Gasteiger partial charge on any atom is -0.481 e. The number of carboxylic acid groups (broad SMARTS) is 1. The van der Waals surface area contributed by atoms with E-state index in [2.05, 4.69) is 4.98 Å². The largest absolute Gasteiger partial charge is 0.481 e. The maximum absolute atomic E-state index is 13.0. The summed E-state index contributed by atoms with van der Waals surface area (Å²) in [6, 6.07) is 0. The molecule has 0 saturated carbocycles. The first-order valence-electron chi connectivity index (χ1n) is 8.43.